The summed E-state index contributed by atoms with van der Waals surface area (Å²) in [5.41, 5.74) is 3.98. The van der Waals surface area contributed by atoms with Gasteiger partial charge in [0.2, 0.25) is 5.91 Å². The summed E-state index contributed by atoms with van der Waals surface area (Å²) < 4.78 is 0. The fraction of sp³-hybridized carbons (Fsp3) is 0.480. The number of anilines is 2. The number of hydrogen-bond acceptors (Lipinski definition) is 3. The second-order valence-electron chi connectivity index (χ2n) is 9.27. The maximum Gasteiger partial charge on any atom is 0.245 e. The van der Waals surface area contributed by atoms with E-state index in [2.05, 4.69) is 84.0 Å². The molecule has 2 aromatic carbocycles. The lowest BCUT2D eigenvalue weighted by Gasteiger charge is -2.40. The first-order chi connectivity index (χ1) is 13.9. The van der Waals surface area contributed by atoms with E-state index < -0.39 is 0 Å². The van der Waals surface area contributed by atoms with Crippen LogP contribution in [0.5, 0.6) is 0 Å². The molecule has 0 radical (unpaired) electrons. The molecule has 0 aliphatic carbocycles. The van der Waals surface area contributed by atoms with Gasteiger partial charge in [0.05, 0.1) is 0 Å². The normalized spacial score (nSPS) is 20.2. The molecule has 0 N–H and O–H groups in total. The van der Waals surface area contributed by atoms with E-state index in [-0.39, 0.29) is 11.5 Å². The largest absolute Gasteiger partial charge is 0.368 e. The zero-order valence-corrected chi connectivity index (χ0v) is 18.0. The number of piperazine rings is 1. The molecule has 2 saturated heterocycles. The molecule has 4 rings (SSSR count). The molecular weight excluding hydrogens is 358 g/mol. The molecule has 154 valence electrons. The molecule has 1 atom stereocenters. The molecule has 2 aliphatic rings. The number of hydrogen-bond donors (Lipinski definition) is 0. The van der Waals surface area contributed by atoms with Gasteiger partial charge < -0.3 is 14.7 Å². The summed E-state index contributed by atoms with van der Waals surface area (Å²) in [7, 11) is 0. The highest BCUT2D eigenvalue weighted by Crippen LogP contribution is 2.33. The summed E-state index contributed by atoms with van der Waals surface area (Å²) in [5.74, 6) is 0.301. The molecule has 1 amide bonds. The van der Waals surface area contributed by atoms with E-state index >= 15 is 0 Å². The third kappa shape index (κ3) is 4.12. The minimum absolute atomic E-state index is 0.00851. The molecule has 0 spiro atoms. The molecule has 1 unspecified atom stereocenters. The number of rotatable bonds is 3. The van der Waals surface area contributed by atoms with Gasteiger partial charge in [-0.3, -0.25) is 4.79 Å². The molecule has 0 saturated carbocycles. The first-order valence-corrected chi connectivity index (χ1v) is 10.9. The van der Waals surface area contributed by atoms with Gasteiger partial charge in [-0.25, -0.2) is 0 Å². The number of para-hydroxylation sites is 2. The minimum Gasteiger partial charge on any atom is -0.368 e. The number of carbonyl (C=O) groups excluding carboxylic acids is 1. The van der Waals surface area contributed by atoms with Gasteiger partial charge in [-0.1, -0.05) is 57.2 Å². The van der Waals surface area contributed by atoms with Gasteiger partial charge in [0.15, 0.2) is 0 Å². The fourth-order valence-corrected chi connectivity index (χ4v) is 4.71. The standard InChI is InChI=1S/C25H33N3O/c1-25(2,3)21-12-7-8-13-22(21)26-16-18-27(19-17-26)24(29)23-14-9-15-28(23)20-10-5-4-6-11-20/h4-8,10-13,23H,9,14-19H2,1-3H3. The first-order valence-electron chi connectivity index (χ1n) is 10.9. The topological polar surface area (TPSA) is 26.8 Å². The van der Waals surface area contributed by atoms with Crippen LogP contribution in [0.2, 0.25) is 0 Å². The maximum absolute atomic E-state index is 13.3. The third-order valence-electron chi connectivity index (χ3n) is 6.27. The van der Waals surface area contributed by atoms with E-state index in [9.17, 15) is 4.79 Å². The zero-order chi connectivity index (χ0) is 20.4. The van der Waals surface area contributed by atoms with Crippen molar-refractivity contribution in [2.75, 3.05) is 42.5 Å². The lowest BCUT2D eigenvalue weighted by atomic mass is 9.85. The van der Waals surface area contributed by atoms with Gasteiger partial charge in [0.1, 0.15) is 6.04 Å². The van der Waals surface area contributed by atoms with Crippen molar-refractivity contribution < 1.29 is 4.79 Å². The Morgan fingerprint density at radius 1 is 0.862 bits per heavy atom. The van der Waals surface area contributed by atoms with Gasteiger partial charge >= 0.3 is 0 Å². The molecule has 2 aromatic rings. The summed E-state index contributed by atoms with van der Waals surface area (Å²) in [5, 5.41) is 0. The van der Waals surface area contributed by atoms with E-state index in [1.54, 1.807) is 0 Å². The van der Waals surface area contributed by atoms with Crippen LogP contribution in [0, 0.1) is 0 Å². The molecule has 29 heavy (non-hydrogen) atoms. The van der Waals surface area contributed by atoms with Crippen molar-refractivity contribution in [1.82, 2.24) is 4.90 Å². The Bertz CT molecular complexity index is 835. The van der Waals surface area contributed by atoms with E-state index in [1.807, 2.05) is 6.07 Å². The summed E-state index contributed by atoms with van der Waals surface area (Å²) in [6.45, 7) is 11.2. The van der Waals surface area contributed by atoms with Gasteiger partial charge in [-0.05, 0) is 42.0 Å². The summed E-state index contributed by atoms with van der Waals surface area (Å²) in [4.78, 5) is 20.2. The molecule has 4 heteroatoms. The van der Waals surface area contributed by atoms with Crippen LogP contribution in [0.3, 0.4) is 0 Å². The molecule has 2 fully saturated rings. The summed E-state index contributed by atoms with van der Waals surface area (Å²) >= 11 is 0. The monoisotopic (exact) mass is 391 g/mol. The molecular formula is C25H33N3O. The second-order valence-corrected chi connectivity index (χ2v) is 9.27. The van der Waals surface area contributed by atoms with Crippen molar-refractivity contribution in [1.29, 1.82) is 0 Å². The lowest BCUT2D eigenvalue weighted by Crippen LogP contribution is -2.54. The number of benzene rings is 2. The lowest BCUT2D eigenvalue weighted by molar-refractivity contribution is -0.132. The fourth-order valence-electron chi connectivity index (χ4n) is 4.71. The van der Waals surface area contributed by atoms with Crippen LogP contribution < -0.4 is 9.80 Å². The van der Waals surface area contributed by atoms with Gasteiger partial charge in [-0.2, -0.15) is 0 Å². The molecule has 2 aliphatic heterocycles. The zero-order valence-electron chi connectivity index (χ0n) is 18.0. The highest BCUT2D eigenvalue weighted by molar-refractivity contribution is 5.86. The van der Waals surface area contributed by atoms with Crippen LogP contribution in [-0.4, -0.2) is 49.6 Å². The first kappa shape index (κ1) is 19.8. The Labute approximate surface area is 175 Å². The Morgan fingerprint density at radius 2 is 1.52 bits per heavy atom. The average molecular weight is 392 g/mol. The van der Waals surface area contributed by atoms with Crippen molar-refractivity contribution in [2.24, 2.45) is 0 Å². The van der Waals surface area contributed by atoms with Crippen molar-refractivity contribution in [2.45, 2.75) is 45.1 Å². The Morgan fingerprint density at radius 3 is 2.21 bits per heavy atom. The smallest absolute Gasteiger partial charge is 0.245 e. The van der Waals surface area contributed by atoms with E-state index in [0.717, 1.165) is 45.6 Å². The van der Waals surface area contributed by atoms with Crippen LogP contribution in [-0.2, 0) is 10.2 Å². The number of amides is 1. The molecule has 4 nitrogen and oxygen atoms in total. The molecule has 0 aromatic heterocycles. The second kappa shape index (κ2) is 8.10. The predicted molar refractivity (Wildman–Crippen MR) is 121 cm³/mol. The summed E-state index contributed by atoms with van der Waals surface area (Å²) in [6, 6.07) is 19.1. The van der Waals surface area contributed by atoms with Crippen LogP contribution in [0.4, 0.5) is 11.4 Å². The van der Waals surface area contributed by atoms with Crippen molar-refractivity contribution in [3.05, 3.63) is 60.2 Å². The van der Waals surface area contributed by atoms with Gasteiger partial charge in [0.25, 0.3) is 0 Å². The Kier molecular flexibility index (Phi) is 5.53. The highest BCUT2D eigenvalue weighted by atomic mass is 16.2. The van der Waals surface area contributed by atoms with E-state index in [0.29, 0.717) is 5.91 Å². The van der Waals surface area contributed by atoms with Gasteiger partial charge in [0, 0.05) is 44.1 Å². The number of nitrogens with zero attached hydrogens (tertiary/aromatic N) is 3. The van der Waals surface area contributed by atoms with Crippen molar-refractivity contribution in [3.63, 3.8) is 0 Å². The Balaban J connectivity index is 1.43. The predicted octanol–water partition coefficient (Wildman–Crippen LogP) is 4.30. The van der Waals surface area contributed by atoms with E-state index in [1.165, 1.54) is 16.9 Å². The number of carbonyl (C=O) groups is 1. The maximum atomic E-state index is 13.3. The van der Waals surface area contributed by atoms with Crippen LogP contribution >= 0.6 is 0 Å². The van der Waals surface area contributed by atoms with Crippen LogP contribution in [0.25, 0.3) is 0 Å². The van der Waals surface area contributed by atoms with Crippen LogP contribution in [0.15, 0.2) is 54.6 Å². The summed E-state index contributed by atoms with van der Waals surface area (Å²) in [6.07, 6.45) is 2.05. The molecule has 2 heterocycles. The minimum atomic E-state index is -0.00851. The van der Waals surface area contributed by atoms with Crippen LogP contribution in [0.1, 0.15) is 39.2 Å². The van der Waals surface area contributed by atoms with Gasteiger partial charge in [-0.15, -0.1) is 0 Å². The van der Waals surface area contributed by atoms with E-state index in [4.69, 9.17) is 0 Å². The highest BCUT2D eigenvalue weighted by Gasteiger charge is 2.35. The third-order valence-corrected chi connectivity index (χ3v) is 6.27. The van der Waals surface area contributed by atoms with Crippen molar-refractivity contribution in [3.8, 4) is 0 Å². The quantitative estimate of drug-likeness (QED) is 0.780. The molecule has 0 bridgehead atoms. The SMILES string of the molecule is CC(C)(C)c1ccccc1N1CCN(C(=O)C2CCCN2c2ccccc2)CC1. The van der Waals surface area contributed by atoms with Crippen molar-refractivity contribution >= 4 is 17.3 Å². The average Bonchev–Trinajstić information content (AvgIpc) is 3.23. The Hall–Kier alpha value is -2.49.